The van der Waals surface area contributed by atoms with Crippen molar-refractivity contribution >= 4 is 0 Å². The second kappa shape index (κ2) is 6.39. The molecular formula is C11H27N2+. The topological polar surface area (TPSA) is 3.24 Å². The largest absolute Gasteiger partial charge is 0.327 e. The molecule has 0 fully saturated rings. The second-order valence-electron chi connectivity index (χ2n) is 4.89. The minimum atomic E-state index is 1.16. The van der Waals surface area contributed by atoms with Crippen LogP contribution in [0.2, 0.25) is 0 Å². The predicted molar refractivity (Wildman–Crippen MR) is 59.9 cm³/mol. The minimum absolute atomic E-state index is 1.16. The van der Waals surface area contributed by atoms with Crippen LogP contribution >= 0.6 is 0 Å². The molecule has 13 heavy (non-hydrogen) atoms. The Balaban J connectivity index is 3.54. The number of quaternary nitrogens is 1. The van der Waals surface area contributed by atoms with Crippen molar-refractivity contribution in [1.82, 2.24) is 4.90 Å². The van der Waals surface area contributed by atoms with E-state index in [1.54, 1.807) is 0 Å². The van der Waals surface area contributed by atoms with Crippen molar-refractivity contribution in [2.75, 3.05) is 47.8 Å². The molecule has 0 saturated carbocycles. The number of rotatable bonds is 7. The van der Waals surface area contributed by atoms with E-state index >= 15 is 0 Å². The molecule has 0 spiro atoms. The van der Waals surface area contributed by atoms with Crippen molar-refractivity contribution in [2.45, 2.75) is 26.2 Å². The molecule has 0 aliphatic carbocycles. The van der Waals surface area contributed by atoms with Crippen LogP contribution in [0.1, 0.15) is 26.2 Å². The summed E-state index contributed by atoms with van der Waals surface area (Å²) >= 11 is 0. The van der Waals surface area contributed by atoms with Gasteiger partial charge in [-0.3, -0.25) is 0 Å². The quantitative estimate of drug-likeness (QED) is 0.434. The molecule has 0 aliphatic heterocycles. The molecule has 2 heteroatoms. The van der Waals surface area contributed by atoms with Crippen LogP contribution in [0, 0.1) is 0 Å². The van der Waals surface area contributed by atoms with Gasteiger partial charge < -0.3 is 9.38 Å². The molecule has 2 nitrogen and oxygen atoms in total. The lowest BCUT2D eigenvalue weighted by molar-refractivity contribution is -0.890. The first-order valence-corrected chi connectivity index (χ1v) is 5.44. The Bertz CT molecular complexity index is 119. The third-order valence-electron chi connectivity index (χ3n) is 2.52. The van der Waals surface area contributed by atoms with Crippen LogP contribution in [-0.2, 0) is 0 Å². The van der Waals surface area contributed by atoms with Crippen LogP contribution in [0.5, 0.6) is 0 Å². The summed E-state index contributed by atoms with van der Waals surface area (Å²) in [6, 6.07) is 0. The molecule has 0 atom stereocenters. The van der Waals surface area contributed by atoms with Crippen LogP contribution < -0.4 is 0 Å². The van der Waals surface area contributed by atoms with Gasteiger partial charge in [-0.1, -0.05) is 13.3 Å². The highest BCUT2D eigenvalue weighted by molar-refractivity contribution is 4.43. The zero-order chi connectivity index (χ0) is 10.3. The van der Waals surface area contributed by atoms with E-state index in [1.165, 1.54) is 38.9 Å². The fourth-order valence-electron chi connectivity index (χ4n) is 1.37. The first kappa shape index (κ1) is 12.9. The van der Waals surface area contributed by atoms with Gasteiger partial charge in [0.2, 0.25) is 0 Å². The molecule has 80 valence electrons. The Morgan fingerprint density at radius 3 is 2.08 bits per heavy atom. The summed E-state index contributed by atoms with van der Waals surface area (Å²) in [5, 5.41) is 0. The molecule has 0 aromatic rings. The molecule has 0 bridgehead atoms. The van der Waals surface area contributed by atoms with Crippen molar-refractivity contribution in [1.29, 1.82) is 0 Å². The summed E-state index contributed by atoms with van der Waals surface area (Å²) in [4.78, 5) is 2.26. The van der Waals surface area contributed by atoms with Crippen molar-refractivity contribution in [3.05, 3.63) is 0 Å². The van der Waals surface area contributed by atoms with Crippen molar-refractivity contribution < 1.29 is 4.48 Å². The van der Waals surface area contributed by atoms with E-state index in [9.17, 15) is 0 Å². The molecule has 0 aliphatic rings. The van der Waals surface area contributed by atoms with Gasteiger partial charge in [-0.15, -0.1) is 0 Å². The van der Waals surface area contributed by atoms with Crippen LogP contribution in [-0.4, -0.2) is 57.2 Å². The Labute approximate surface area is 84.1 Å². The van der Waals surface area contributed by atoms with Gasteiger partial charge in [0.15, 0.2) is 0 Å². The second-order valence-corrected chi connectivity index (χ2v) is 4.89. The molecule has 0 aromatic carbocycles. The predicted octanol–water partition coefficient (Wildman–Crippen LogP) is 1.81. The van der Waals surface area contributed by atoms with E-state index in [-0.39, 0.29) is 0 Å². The Morgan fingerprint density at radius 1 is 1.00 bits per heavy atom. The number of likely N-dealkylation sites (N-methyl/N-ethyl adjacent to an activating group) is 2. The summed E-state index contributed by atoms with van der Waals surface area (Å²) in [5.74, 6) is 0. The third kappa shape index (κ3) is 8.26. The molecular weight excluding hydrogens is 160 g/mol. The lowest BCUT2D eigenvalue weighted by atomic mass is 10.2. The Morgan fingerprint density at radius 2 is 1.62 bits per heavy atom. The van der Waals surface area contributed by atoms with Gasteiger partial charge >= 0.3 is 0 Å². The lowest BCUT2D eigenvalue weighted by Crippen LogP contribution is -2.44. The summed E-state index contributed by atoms with van der Waals surface area (Å²) in [6.45, 7) is 6.04. The maximum absolute atomic E-state index is 2.33. The van der Waals surface area contributed by atoms with Crippen molar-refractivity contribution in [2.24, 2.45) is 0 Å². The normalized spacial score (nSPS) is 12.5. The lowest BCUT2D eigenvalue weighted by Gasteiger charge is -2.31. The SMILES string of the molecule is CCCCC[N+](C)(C)CCN(C)C. The van der Waals surface area contributed by atoms with Crippen LogP contribution in [0.15, 0.2) is 0 Å². The smallest absolute Gasteiger partial charge is 0.0911 e. The van der Waals surface area contributed by atoms with Gasteiger partial charge in [0, 0.05) is 6.54 Å². The first-order chi connectivity index (χ1) is 5.98. The average Bonchev–Trinajstić information content (AvgIpc) is 2.02. The number of hydrogen-bond donors (Lipinski definition) is 0. The van der Waals surface area contributed by atoms with Gasteiger partial charge in [-0.25, -0.2) is 0 Å². The fourth-order valence-corrected chi connectivity index (χ4v) is 1.37. The molecule has 0 rings (SSSR count). The van der Waals surface area contributed by atoms with Crippen molar-refractivity contribution in [3.63, 3.8) is 0 Å². The van der Waals surface area contributed by atoms with Crippen LogP contribution in [0.4, 0.5) is 0 Å². The fraction of sp³-hybridized carbons (Fsp3) is 1.00. The highest BCUT2D eigenvalue weighted by Crippen LogP contribution is 2.03. The van der Waals surface area contributed by atoms with E-state index in [0.29, 0.717) is 0 Å². The van der Waals surface area contributed by atoms with E-state index in [4.69, 9.17) is 0 Å². The summed E-state index contributed by atoms with van der Waals surface area (Å²) in [7, 11) is 8.95. The molecule has 0 heterocycles. The molecule has 0 N–H and O–H groups in total. The summed E-state index contributed by atoms with van der Waals surface area (Å²) in [5.41, 5.74) is 0. The monoisotopic (exact) mass is 187 g/mol. The zero-order valence-corrected chi connectivity index (χ0v) is 10.1. The summed E-state index contributed by atoms with van der Waals surface area (Å²) < 4.78 is 1.16. The molecule has 0 saturated heterocycles. The highest BCUT2D eigenvalue weighted by Gasteiger charge is 2.13. The molecule has 0 amide bonds. The Kier molecular flexibility index (Phi) is 6.35. The van der Waals surface area contributed by atoms with Gasteiger partial charge in [-0.05, 0) is 26.9 Å². The van der Waals surface area contributed by atoms with E-state index in [2.05, 4.69) is 40.0 Å². The first-order valence-electron chi connectivity index (χ1n) is 5.44. The van der Waals surface area contributed by atoms with Gasteiger partial charge in [0.05, 0.1) is 27.2 Å². The zero-order valence-electron chi connectivity index (χ0n) is 10.1. The van der Waals surface area contributed by atoms with Gasteiger partial charge in [-0.2, -0.15) is 0 Å². The molecule has 0 unspecified atom stereocenters. The standard InChI is InChI=1S/C11H27N2/c1-6-7-8-10-13(4,5)11-9-12(2)3/h6-11H2,1-5H3/q+1. The molecule has 0 aromatic heterocycles. The number of unbranched alkanes of at least 4 members (excludes halogenated alkanes) is 2. The van der Waals surface area contributed by atoms with E-state index in [1.807, 2.05) is 0 Å². The Hall–Kier alpha value is -0.0800. The molecule has 0 radical (unpaired) electrons. The number of nitrogens with zero attached hydrogens (tertiary/aromatic N) is 2. The number of hydrogen-bond acceptors (Lipinski definition) is 1. The van der Waals surface area contributed by atoms with Crippen molar-refractivity contribution in [3.8, 4) is 0 Å². The van der Waals surface area contributed by atoms with Crippen LogP contribution in [0.3, 0.4) is 0 Å². The van der Waals surface area contributed by atoms with Gasteiger partial charge in [0.1, 0.15) is 0 Å². The van der Waals surface area contributed by atoms with E-state index < -0.39 is 0 Å². The van der Waals surface area contributed by atoms with Gasteiger partial charge in [0.25, 0.3) is 0 Å². The van der Waals surface area contributed by atoms with Crippen LogP contribution in [0.25, 0.3) is 0 Å². The maximum atomic E-state index is 2.33. The average molecular weight is 187 g/mol. The van der Waals surface area contributed by atoms with E-state index in [0.717, 1.165) is 4.48 Å². The third-order valence-corrected chi connectivity index (χ3v) is 2.52. The summed E-state index contributed by atoms with van der Waals surface area (Å²) in [6.07, 6.45) is 4.08. The maximum Gasteiger partial charge on any atom is 0.0911 e. The highest BCUT2D eigenvalue weighted by atomic mass is 15.3. The minimum Gasteiger partial charge on any atom is -0.327 e.